The number of aromatic nitrogens is 2. The molecule has 0 saturated carbocycles. The largest absolute Gasteiger partial charge is 0.352 e. The Morgan fingerprint density at radius 2 is 2.00 bits per heavy atom. The lowest BCUT2D eigenvalue weighted by Gasteiger charge is -2.09. The Bertz CT molecular complexity index is 1090. The molecule has 1 heterocycles. The molecule has 1 aromatic heterocycles. The normalized spacial score (nSPS) is 11.4. The second-order valence-electron chi connectivity index (χ2n) is 6.20. The minimum Gasteiger partial charge on any atom is -0.352 e. The van der Waals surface area contributed by atoms with E-state index in [1.165, 1.54) is 18.2 Å². The average Bonchev–Trinajstić information content (AvgIpc) is 3.13. The predicted octanol–water partition coefficient (Wildman–Crippen LogP) is 2.32. The number of carbonyl (C=O) groups excluding carboxylic acids is 1. The standard InChI is InChI=1S/C20H22N4O3S/c1-2-11-23-28(26,27)17-8-5-7-16(14-17)20(25)21-12-6-13-24-15-22-18-9-3-4-10-19(18)24/h2-5,7-10,14-15,23H,1,6,11-13H2,(H,21,25). The van der Waals surface area contributed by atoms with Gasteiger partial charge in [0.25, 0.3) is 5.91 Å². The van der Waals surface area contributed by atoms with Gasteiger partial charge in [-0.15, -0.1) is 6.58 Å². The summed E-state index contributed by atoms with van der Waals surface area (Å²) in [4.78, 5) is 16.7. The van der Waals surface area contributed by atoms with E-state index in [4.69, 9.17) is 0 Å². The van der Waals surface area contributed by atoms with Crippen LogP contribution in [-0.4, -0.2) is 37.0 Å². The lowest BCUT2D eigenvalue weighted by atomic mass is 10.2. The molecule has 8 heteroatoms. The molecule has 7 nitrogen and oxygen atoms in total. The van der Waals surface area contributed by atoms with Crippen LogP contribution in [0.5, 0.6) is 0 Å². The fourth-order valence-electron chi connectivity index (χ4n) is 2.80. The first-order valence-electron chi connectivity index (χ1n) is 8.90. The van der Waals surface area contributed by atoms with Crippen LogP contribution in [-0.2, 0) is 16.6 Å². The summed E-state index contributed by atoms with van der Waals surface area (Å²) in [5.41, 5.74) is 2.29. The maximum absolute atomic E-state index is 12.3. The van der Waals surface area contributed by atoms with Gasteiger partial charge in [0.15, 0.2) is 0 Å². The molecule has 0 fully saturated rings. The van der Waals surface area contributed by atoms with Crippen molar-refractivity contribution in [3.63, 3.8) is 0 Å². The number of aryl methyl sites for hydroxylation is 1. The Morgan fingerprint density at radius 3 is 2.82 bits per heavy atom. The Morgan fingerprint density at radius 1 is 1.18 bits per heavy atom. The fourth-order valence-corrected chi connectivity index (χ4v) is 3.84. The maximum Gasteiger partial charge on any atom is 0.251 e. The van der Waals surface area contributed by atoms with Gasteiger partial charge in [0.05, 0.1) is 22.3 Å². The van der Waals surface area contributed by atoms with Gasteiger partial charge in [-0.05, 0) is 36.8 Å². The van der Waals surface area contributed by atoms with Gasteiger partial charge in [0.2, 0.25) is 10.0 Å². The highest BCUT2D eigenvalue weighted by molar-refractivity contribution is 7.89. The van der Waals surface area contributed by atoms with Crippen LogP contribution in [0.15, 0.2) is 72.4 Å². The van der Waals surface area contributed by atoms with Crippen molar-refractivity contribution in [3.8, 4) is 0 Å². The zero-order valence-electron chi connectivity index (χ0n) is 15.3. The number of nitrogens with one attached hydrogen (secondary N) is 2. The molecule has 0 unspecified atom stereocenters. The summed E-state index contributed by atoms with van der Waals surface area (Å²) in [6.07, 6.45) is 3.97. The summed E-state index contributed by atoms with van der Waals surface area (Å²) < 4.78 is 28.8. The van der Waals surface area contributed by atoms with Crippen LogP contribution in [0, 0.1) is 0 Å². The third-order valence-corrected chi connectivity index (χ3v) is 5.63. The first-order valence-corrected chi connectivity index (χ1v) is 10.4. The SMILES string of the molecule is C=CCNS(=O)(=O)c1cccc(C(=O)NCCCn2cnc3ccccc32)c1. The summed E-state index contributed by atoms with van der Waals surface area (Å²) in [6, 6.07) is 13.8. The van der Waals surface area contributed by atoms with Gasteiger partial charge in [0, 0.05) is 25.2 Å². The van der Waals surface area contributed by atoms with Gasteiger partial charge in [0.1, 0.15) is 0 Å². The molecule has 2 aromatic carbocycles. The van der Waals surface area contributed by atoms with Crippen LogP contribution in [0.3, 0.4) is 0 Å². The number of rotatable bonds is 9. The topological polar surface area (TPSA) is 93.1 Å². The number of para-hydroxylation sites is 2. The number of hydrogen-bond acceptors (Lipinski definition) is 4. The first-order chi connectivity index (χ1) is 13.5. The van der Waals surface area contributed by atoms with Crippen LogP contribution < -0.4 is 10.0 Å². The Labute approximate surface area is 164 Å². The van der Waals surface area contributed by atoms with E-state index in [9.17, 15) is 13.2 Å². The third kappa shape index (κ3) is 4.65. The molecule has 0 spiro atoms. The summed E-state index contributed by atoms with van der Waals surface area (Å²) in [6.45, 7) is 4.80. The summed E-state index contributed by atoms with van der Waals surface area (Å²) in [7, 11) is -3.67. The third-order valence-electron chi connectivity index (χ3n) is 4.21. The van der Waals surface area contributed by atoms with Crippen molar-refractivity contribution in [2.45, 2.75) is 17.9 Å². The molecular formula is C20H22N4O3S. The molecule has 3 rings (SSSR count). The van der Waals surface area contributed by atoms with Gasteiger partial charge in [-0.1, -0.05) is 24.3 Å². The highest BCUT2D eigenvalue weighted by Gasteiger charge is 2.15. The van der Waals surface area contributed by atoms with E-state index in [1.807, 2.05) is 28.8 Å². The first kappa shape index (κ1) is 19.8. The lowest BCUT2D eigenvalue weighted by molar-refractivity contribution is 0.0952. The monoisotopic (exact) mass is 398 g/mol. The Balaban J connectivity index is 1.56. The number of benzene rings is 2. The van der Waals surface area contributed by atoms with Crippen molar-refractivity contribution in [1.82, 2.24) is 19.6 Å². The number of amides is 1. The van der Waals surface area contributed by atoms with Crippen molar-refractivity contribution < 1.29 is 13.2 Å². The van der Waals surface area contributed by atoms with E-state index in [0.717, 1.165) is 24.0 Å². The van der Waals surface area contributed by atoms with E-state index in [2.05, 4.69) is 21.6 Å². The van der Waals surface area contributed by atoms with Gasteiger partial charge < -0.3 is 9.88 Å². The highest BCUT2D eigenvalue weighted by atomic mass is 32.2. The highest BCUT2D eigenvalue weighted by Crippen LogP contribution is 2.13. The molecule has 0 aliphatic carbocycles. The van der Waals surface area contributed by atoms with E-state index < -0.39 is 10.0 Å². The van der Waals surface area contributed by atoms with E-state index in [-0.39, 0.29) is 17.3 Å². The second kappa shape index (κ2) is 8.81. The van der Waals surface area contributed by atoms with Gasteiger partial charge in [-0.3, -0.25) is 4.79 Å². The fraction of sp³-hybridized carbons (Fsp3) is 0.200. The molecule has 0 aliphatic heterocycles. The number of fused-ring (bicyclic) bond motifs is 1. The van der Waals surface area contributed by atoms with Crippen molar-refractivity contribution in [2.24, 2.45) is 0 Å². The minimum atomic E-state index is -3.67. The quantitative estimate of drug-likeness (QED) is 0.427. The zero-order chi connectivity index (χ0) is 20.0. The number of nitrogens with zero attached hydrogens (tertiary/aromatic N) is 2. The molecule has 0 saturated heterocycles. The van der Waals surface area contributed by atoms with Crippen molar-refractivity contribution >= 4 is 27.0 Å². The van der Waals surface area contributed by atoms with Gasteiger partial charge >= 0.3 is 0 Å². The molecule has 28 heavy (non-hydrogen) atoms. The Kier molecular flexibility index (Phi) is 6.23. The molecule has 3 aromatic rings. The number of carbonyl (C=O) groups is 1. The minimum absolute atomic E-state index is 0.0480. The molecule has 0 radical (unpaired) electrons. The molecule has 0 aliphatic rings. The Hall–Kier alpha value is -2.97. The van der Waals surface area contributed by atoms with Crippen LogP contribution >= 0.6 is 0 Å². The van der Waals surface area contributed by atoms with Crippen molar-refractivity contribution in [3.05, 3.63) is 73.1 Å². The smallest absolute Gasteiger partial charge is 0.251 e. The van der Waals surface area contributed by atoms with Crippen molar-refractivity contribution in [1.29, 1.82) is 0 Å². The average molecular weight is 398 g/mol. The number of imidazole rings is 1. The molecule has 146 valence electrons. The van der Waals surface area contributed by atoms with E-state index in [0.29, 0.717) is 12.1 Å². The van der Waals surface area contributed by atoms with E-state index >= 15 is 0 Å². The summed E-state index contributed by atoms with van der Waals surface area (Å²) in [5.74, 6) is -0.309. The summed E-state index contributed by atoms with van der Waals surface area (Å²) in [5, 5.41) is 2.83. The zero-order valence-corrected chi connectivity index (χ0v) is 16.2. The van der Waals surface area contributed by atoms with Crippen LogP contribution in [0.4, 0.5) is 0 Å². The van der Waals surface area contributed by atoms with Gasteiger partial charge in [-0.25, -0.2) is 18.1 Å². The maximum atomic E-state index is 12.3. The number of hydrogen-bond donors (Lipinski definition) is 2. The van der Waals surface area contributed by atoms with E-state index in [1.54, 1.807) is 18.5 Å². The summed E-state index contributed by atoms with van der Waals surface area (Å²) >= 11 is 0. The van der Waals surface area contributed by atoms with Crippen molar-refractivity contribution in [2.75, 3.05) is 13.1 Å². The van der Waals surface area contributed by atoms with Crippen LogP contribution in [0.2, 0.25) is 0 Å². The van der Waals surface area contributed by atoms with Crippen LogP contribution in [0.1, 0.15) is 16.8 Å². The molecule has 0 atom stereocenters. The predicted molar refractivity (Wildman–Crippen MR) is 109 cm³/mol. The van der Waals surface area contributed by atoms with Crippen LogP contribution in [0.25, 0.3) is 11.0 Å². The molecular weight excluding hydrogens is 376 g/mol. The second-order valence-corrected chi connectivity index (χ2v) is 7.97. The molecule has 0 bridgehead atoms. The molecule has 2 N–H and O–H groups in total. The van der Waals surface area contributed by atoms with Gasteiger partial charge in [-0.2, -0.15) is 0 Å². The molecule has 1 amide bonds. The lowest BCUT2D eigenvalue weighted by Crippen LogP contribution is -2.26. The number of sulfonamides is 1.